The molecule has 2 unspecified atom stereocenters. The van der Waals surface area contributed by atoms with E-state index in [1.807, 2.05) is 75.4 Å². The summed E-state index contributed by atoms with van der Waals surface area (Å²) in [4.78, 5) is 36.9. The van der Waals surface area contributed by atoms with Gasteiger partial charge >= 0.3 is 12.2 Å². The van der Waals surface area contributed by atoms with Crippen molar-refractivity contribution in [2.45, 2.75) is 32.8 Å². The van der Waals surface area contributed by atoms with Crippen LogP contribution < -0.4 is 25.3 Å². The van der Waals surface area contributed by atoms with Gasteiger partial charge < -0.3 is 34.7 Å². The molecule has 0 aliphatic rings. The van der Waals surface area contributed by atoms with Gasteiger partial charge in [0.25, 0.3) is 5.91 Å². The average molecular weight is 591 g/mol. The molecule has 0 bridgehead atoms. The normalized spacial score (nSPS) is 12.6. The third-order valence-corrected chi connectivity index (χ3v) is 6.44. The van der Waals surface area contributed by atoms with Crippen LogP contribution >= 0.6 is 0 Å². The summed E-state index contributed by atoms with van der Waals surface area (Å²) in [5, 5.41) is 2.65. The average Bonchev–Trinajstić information content (AvgIpc) is 2.98. The van der Waals surface area contributed by atoms with E-state index >= 15 is 0 Å². The molecule has 228 valence electrons. The number of ether oxygens (including phenoxy) is 5. The van der Waals surface area contributed by atoms with Crippen LogP contribution in [0.4, 0.5) is 9.59 Å². The summed E-state index contributed by atoms with van der Waals surface area (Å²) in [5.74, 6) is 0.612. The minimum absolute atomic E-state index is 0.0308. The third-order valence-electron chi connectivity index (χ3n) is 6.44. The highest BCUT2D eigenvalue weighted by atomic mass is 16.7. The van der Waals surface area contributed by atoms with Gasteiger partial charge in [0.15, 0.2) is 6.10 Å². The van der Waals surface area contributed by atoms with Crippen molar-refractivity contribution in [2.24, 2.45) is 11.1 Å². The molecule has 0 spiro atoms. The van der Waals surface area contributed by atoms with Crippen molar-refractivity contribution < 1.29 is 38.1 Å². The molecule has 0 saturated heterocycles. The van der Waals surface area contributed by atoms with Gasteiger partial charge in [-0.3, -0.25) is 4.79 Å². The minimum Gasteiger partial charge on any atom is -0.497 e. The molecule has 0 saturated carbocycles. The van der Waals surface area contributed by atoms with Crippen LogP contribution in [0, 0.1) is 5.41 Å². The molecule has 0 aromatic heterocycles. The van der Waals surface area contributed by atoms with Gasteiger partial charge in [0.2, 0.25) is 0 Å². The predicted octanol–water partition coefficient (Wildman–Crippen LogP) is 5.80. The second-order valence-electron chi connectivity index (χ2n) is 10.7. The number of rotatable bonds is 12. The molecule has 0 aliphatic heterocycles. The first-order valence-electron chi connectivity index (χ1n) is 13.6. The van der Waals surface area contributed by atoms with Crippen molar-refractivity contribution in [1.82, 2.24) is 5.32 Å². The van der Waals surface area contributed by atoms with Crippen molar-refractivity contribution in [3.8, 4) is 17.2 Å². The summed E-state index contributed by atoms with van der Waals surface area (Å²) >= 11 is 0. The minimum atomic E-state index is -1.19. The van der Waals surface area contributed by atoms with E-state index in [1.54, 1.807) is 44.6 Å². The molecule has 0 radical (unpaired) electrons. The van der Waals surface area contributed by atoms with E-state index in [1.165, 1.54) is 0 Å². The highest BCUT2D eigenvalue weighted by molar-refractivity contribution is 5.84. The Morgan fingerprint density at radius 1 is 0.837 bits per heavy atom. The molecule has 3 aromatic rings. The summed E-state index contributed by atoms with van der Waals surface area (Å²) in [6, 6.07) is 21.7. The van der Waals surface area contributed by atoms with E-state index in [0.29, 0.717) is 17.2 Å². The molecular weight excluding hydrogens is 552 g/mol. The first-order valence-corrected chi connectivity index (χ1v) is 13.6. The number of carbonyl (C=O) groups is 3. The zero-order chi connectivity index (χ0) is 31.4. The van der Waals surface area contributed by atoms with Gasteiger partial charge in [-0.25, -0.2) is 9.59 Å². The quantitative estimate of drug-likeness (QED) is 0.117. The van der Waals surface area contributed by atoms with Gasteiger partial charge in [-0.2, -0.15) is 0 Å². The zero-order valence-electron chi connectivity index (χ0n) is 25.0. The standard InChI is InChI=1S/C33H38N2O8/c1-33(2,3)28(24-9-7-6-8-10-24)29(43-31(34)37)30(36)35-17-18-41-32(38)42-25-15-13-22(14-16-25)11-12-23-19-26(39-4)21-27(20-23)40-5/h6-16,19-21,28-29H,17-18H2,1-5H3,(H2,34,37)(H,35,36). The van der Waals surface area contributed by atoms with Crippen molar-refractivity contribution in [2.75, 3.05) is 27.4 Å². The number of amides is 2. The Hall–Kier alpha value is -4.99. The van der Waals surface area contributed by atoms with Crippen LogP contribution in [0.5, 0.6) is 17.2 Å². The second-order valence-corrected chi connectivity index (χ2v) is 10.7. The summed E-state index contributed by atoms with van der Waals surface area (Å²) in [5.41, 5.74) is 7.43. The maximum absolute atomic E-state index is 13.1. The van der Waals surface area contributed by atoms with E-state index in [-0.39, 0.29) is 13.2 Å². The highest BCUT2D eigenvalue weighted by Crippen LogP contribution is 2.39. The van der Waals surface area contributed by atoms with Crippen molar-refractivity contribution >= 4 is 30.3 Å². The predicted molar refractivity (Wildman–Crippen MR) is 163 cm³/mol. The molecule has 10 nitrogen and oxygen atoms in total. The Bertz CT molecular complexity index is 1380. The Labute approximate surface area is 251 Å². The van der Waals surface area contributed by atoms with Crippen LogP contribution in [-0.4, -0.2) is 51.6 Å². The SMILES string of the molecule is COc1cc(C=Cc2ccc(OC(=O)OCCNC(=O)C(OC(N)=O)C(c3ccccc3)C(C)(C)C)cc2)cc(OC)c1. The smallest absolute Gasteiger partial charge is 0.497 e. The molecule has 3 aromatic carbocycles. The highest BCUT2D eigenvalue weighted by Gasteiger charge is 2.40. The number of carbonyl (C=O) groups excluding carboxylic acids is 3. The van der Waals surface area contributed by atoms with Gasteiger partial charge in [0.05, 0.1) is 20.8 Å². The van der Waals surface area contributed by atoms with Crippen molar-refractivity contribution in [1.29, 1.82) is 0 Å². The fourth-order valence-corrected chi connectivity index (χ4v) is 4.49. The Morgan fingerprint density at radius 3 is 2.00 bits per heavy atom. The lowest BCUT2D eigenvalue weighted by Gasteiger charge is -2.35. The first-order chi connectivity index (χ1) is 20.5. The van der Waals surface area contributed by atoms with Crippen LogP contribution in [-0.2, 0) is 14.3 Å². The number of methoxy groups -OCH3 is 2. The monoisotopic (exact) mass is 590 g/mol. The zero-order valence-corrected chi connectivity index (χ0v) is 25.0. The van der Waals surface area contributed by atoms with Gasteiger partial charge in [-0.05, 0) is 46.4 Å². The van der Waals surface area contributed by atoms with Gasteiger partial charge in [0, 0.05) is 12.0 Å². The van der Waals surface area contributed by atoms with Crippen LogP contribution in [0.15, 0.2) is 72.8 Å². The largest absolute Gasteiger partial charge is 0.513 e. The van der Waals surface area contributed by atoms with E-state index in [0.717, 1.165) is 16.7 Å². The van der Waals surface area contributed by atoms with E-state index in [4.69, 9.17) is 29.4 Å². The molecular formula is C33H38N2O8. The molecule has 2 amide bonds. The Kier molecular flexibility index (Phi) is 11.6. The molecule has 0 heterocycles. The van der Waals surface area contributed by atoms with Crippen LogP contribution in [0.25, 0.3) is 12.2 Å². The molecule has 2 atom stereocenters. The molecule has 43 heavy (non-hydrogen) atoms. The van der Waals surface area contributed by atoms with Crippen LogP contribution in [0.3, 0.4) is 0 Å². The Balaban J connectivity index is 1.52. The number of benzene rings is 3. The number of hydrogen-bond donors (Lipinski definition) is 2. The molecule has 3 N–H and O–H groups in total. The lowest BCUT2D eigenvalue weighted by Crippen LogP contribution is -2.47. The molecule has 3 rings (SSSR count). The second kappa shape index (κ2) is 15.3. The molecule has 0 aliphatic carbocycles. The van der Waals surface area contributed by atoms with E-state index in [9.17, 15) is 14.4 Å². The van der Waals surface area contributed by atoms with Gasteiger partial charge in [0.1, 0.15) is 23.9 Å². The third kappa shape index (κ3) is 10.1. The lowest BCUT2D eigenvalue weighted by molar-refractivity contribution is -0.132. The topological polar surface area (TPSA) is 135 Å². The van der Waals surface area contributed by atoms with Crippen molar-refractivity contribution in [3.63, 3.8) is 0 Å². The van der Waals surface area contributed by atoms with Crippen molar-refractivity contribution in [3.05, 3.63) is 89.5 Å². The van der Waals surface area contributed by atoms with Gasteiger partial charge in [-0.15, -0.1) is 0 Å². The molecule has 10 heteroatoms. The number of nitrogens with one attached hydrogen (secondary N) is 1. The van der Waals surface area contributed by atoms with Crippen LogP contribution in [0.2, 0.25) is 0 Å². The first kappa shape index (κ1) is 32.5. The summed E-state index contributed by atoms with van der Waals surface area (Å²) in [7, 11) is 3.18. The van der Waals surface area contributed by atoms with Gasteiger partial charge in [-0.1, -0.05) is 75.4 Å². The summed E-state index contributed by atoms with van der Waals surface area (Å²) < 4.78 is 26.2. The maximum atomic E-state index is 13.1. The van der Waals surface area contributed by atoms with Crippen LogP contribution in [0.1, 0.15) is 43.4 Å². The number of hydrogen-bond acceptors (Lipinski definition) is 8. The Morgan fingerprint density at radius 2 is 1.44 bits per heavy atom. The summed E-state index contributed by atoms with van der Waals surface area (Å²) in [6.45, 7) is 5.63. The number of nitrogens with two attached hydrogens (primary N) is 1. The summed E-state index contributed by atoms with van der Waals surface area (Å²) in [6.07, 6.45) is 0.628. The number of primary amides is 1. The lowest BCUT2D eigenvalue weighted by atomic mass is 9.73. The fourth-order valence-electron chi connectivity index (χ4n) is 4.49. The van der Waals surface area contributed by atoms with E-state index < -0.39 is 35.6 Å². The maximum Gasteiger partial charge on any atom is 0.513 e. The molecule has 0 fully saturated rings. The fraction of sp³-hybridized carbons (Fsp3) is 0.303. The van der Waals surface area contributed by atoms with E-state index in [2.05, 4.69) is 5.32 Å².